The fourth-order valence-electron chi connectivity index (χ4n) is 1.77. The summed E-state index contributed by atoms with van der Waals surface area (Å²) in [6, 6.07) is 0.683. The third-order valence-corrected chi connectivity index (χ3v) is 2.36. The molecule has 72 valence electrons. The molecule has 1 aliphatic heterocycles. The molecular weight excluding hydrogens is 158 g/mol. The molecule has 1 heteroatoms. The standard InChI is InChI=1S/C12H19N/c1-3-6-11(7-4-2)10-12-8-5-9-13-12/h3-4,6-7,12-13H,1,5,8-10H2,2H3/b7-4-,11-6+. The zero-order valence-corrected chi connectivity index (χ0v) is 8.42. The zero-order chi connectivity index (χ0) is 9.52. The normalized spacial score (nSPS) is 24.1. The van der Waals surface area contributed by atoms with Gasteiger partial charge >= 0.3 is 0 Å². The van der Waals surface area contributed by atoms with Gasteiger partial charge in [0.05, 0.1) is 0 Å². The van der Waals surface area contributed by atoms with E-state index in [1.165, 1.54) is 25.0 Å². The van der Waals surface area contributed by atoms with E-state index >= 15 is 0 Å². The van der Waals surface area contributed by atoms with E-state index in [0.717, 1.165) is 6.42 Å². The highest BCUT2D eigenvalue weighted by Gasteiger charge is 2.13. The maximum absolute atomic E-state index is 3.73. The Labute approximate surface area is 81.2 Å². The summed E-state index contributed by atoms with van der Waals surface area (Å²) in [5.41, 5.74) is 1.37. The lowest BCUT2D eigenvalue weighted by molar-refractivity contribution is 0.605. The van der Waals surface area contributed by atoms with Gasteiger partial charge in [-0.3, -0.25) is 0 Å². The molecule has 0 radical (unpaired) electrons. The highest BCUT2D eigenvalue weighted by Crippen LogP contribution is 2.15. The van der Waals surface area contributed by atoms with Crippen molar-refractivity contribution in [3.63, 3.8) is 0 Å². The van der Waals surface area contributed by atoms with Gasteiger partial charge in [0.1, 0.15) is 0 Å². The van der Waals surface area contributed by atoms with Crippen LogP contribution in [-0.4, -0.2) is 12.6 Å². The van der Waals surface area contributed by atoms with Gasteiger partial charge in [-0.1, -0.05) is 30.9 Å². The first-order valence-corrected chi connectivity index (χ1v) is 5.04. The highest BCUT2D eigenvalue weighted by atomic mass is 14.9. The molecule has 13 heavy (non-hydrogen) atoms. The van der Waals surface area contributed by atoms with Gasteiger partial charge in [0.15, 0.2) is 0 Å². The van der Waals surface area contributed by atoms with E-state index in [0.29, 0.717) is 6.04 Å². The van der Waals surface area contributed by atoms with Gasteiger partial charge in [0.2, 0.25) is 0 Å². The van der Waals surface area contributed by atoms with Gasteiger partial charge in [-0.2, -0.15) is 0 Å². The summed E-state index contributed by atoms with van der Waals surface area (Å²) in [5, 5.41) is 3.49. The lowest BCUT2D eigenvalue weighted by Gasteiger charge is -2.09. The lowest BCUT2D eigenvalue weighted by atomic mass is 10.0. The maximum atomic E-state index is 3.73. The van der Waals surface area contributed by atoms with Crippen molar-refractivity contribution in [1.82, 2.24) is 5.32 Å². The largest absolute Gasteiger partial charge is 0.314 e. The van der Waals surface area contributed by atoms with E-state index in [1.54, 1.807) is 0 Å². The molecule has 1 saturated heterocycles. The summed E-state index contributed by atoms with van der Waals surface area (Å²) in [6.45, 7) is 6.96. The summed E-state index contributed by atoms with van der Waals surface area (Å²) >= 11 is 0. The Morgan fingerprint density at radius 1 is 1.62 bits per heavy atom. The van der Waals surface area contributed by atoms with Crippen LogP contribution in [0.3, 0.4) is 0 Å². The first-order valence-electron chi connectivity index (χ1n) is 5.04. The summed E-state index contributed by atoms with van der Waals surface area (Å²) in [4.78, 5) is 0. The van der Waals surface area contributed by atoms with Crippen LogP contribution in [0.5, 0.6) is 0 Å². The third-order valence-electron chi connectivity index (χ3n) is 2.36. The predicted octanol–water partition coefficient (Wildman–Crippen LogP) is 2.82. The van der Waals surface area contributed by atoms with Gasteiger partial charge in [0, 0.05) is 6.04 Å². The molecule has 0 aromatic heterocycles. The molecule has 0 aromatic carbocycles. The van der Waals surface area contributed by atoms with Crippen LogP contribution in [-0.2, 0) is 0 Å². The Hall–Kier alpha value is -0.820. The molecule has 1 fully saturated rings. The van der Waals surface area contributed by atoms with E-state index in [2.05, 4.69) is 37.0 Å². The average molecular weight is 177 g/mol. The van der Waals surface area contributed by atoms with Gasteiger partial charge in [0.25, 0.3) is 0 Å². The van der Waals surface area contributed by atoms with Crippen molar-refractivity contribution in [3.8, 4) is 0 Å². The molecule has 1 nitrogen and oxygen atoms in total. The van der Waals surface area contributed by atoms with Gasteiger partial charge in [-0.25, -0.2) is 0 Å². The van der Waals surface area contributed by atoms with Crippen LogP contribution in [0.4, 0.5) is 0 Å². The minimum atomic E-state index is 0.683. The number of allylic oxidation sites excluding steroid dienone is 4. The third kappa shape index (κ3) is 3.60. The van der Waals surface area contributed by atoms with Crippen LogP contribution < -0.4 is 5.32 Å². The maximum Gasteiger partial charge on any atom is 0.0108 e. The van der Waals surface area contributed by atoms with E-state index in [-0.39, 0.29) is 0 Å². The van der Waals surface area contributed by atoms with Gasteiger partial charge in [-0.15, -0.1) is 0 Å². The van der Waals surface area contributed by atoms with Crippen LogP contribution in [0.15, 0.2) is 36.5 Å². The Kier molecular flexibility index (Phi) is 4.55. The Balaban J connectivity index is 2.46. The number of rotatable bonds is 4. The monoisotopic (exact) mass is 177 g/mol. The van der Waals surface area contributed by atoms with Crippen LogP contribution in [0, 0.1) is 0 Å². The summed E-state index contributed by atoms with van der Waals surface area (Å²) in [7, 11) is 0. The van der Waals surface area contributed by atoms with Crippen LogP contribution in [0.1, 0.15) is 26.2 Å². The van der Waals surface area contributed by atoms with E-state index in [9.17, 15) is 0 Å². The Morgan fingerprint density at radius 3 is 3.00 bits per heavy atom. The second-order valence-electron chi connectivity index (χ2n) is 3.47. The topological polar surface area (TPSA) is 12.0 Å². The van der Waals surface area contributed by atoms with Crippen LogP contribution >= 0.6 is 0 Å². The second kappa shape index (κ2) is 5.76. The van der Waals surface area contributed by atoms with Gasteiger partial charge < -0.3 is 5.32 Å². The van der Waals surface area contributed by atoms with Gasteiger partial charge in [-0.05, 0) is 38.3 Å². The molecule has 1 N–H and O–H groups in total. The lowest BCUT2D eigenvalue weighted by Crippen LogP contribution is -2.21. The summed E-state index contributed by atoms with van der Waals surface area (Å²) in [5.74, 6) is 0. The van der Waals surface area contributed by atoms with Crippen molar-refractivity contribution in [2.24, 2.45) is 0 Å². The average Bonchev–Trinajstić information content (AvgIpc) is 2.58. The minimum Gasteiger partial charge on any atom is -0.314 e. The fraction of sp³-hybridized carbons (Fsp3) is 0.500. The highest BCUT2D eigenvalue weighted by molar-refractivity contribution is 5.23. The Bertz CT molecular complexity index is 207. The Morgan fingerprint density at radius 2 is 2.46 bits per heavy atom. The molecule has 0 spiro atoms. The minimum absolute atomic E-state index is 0.683. The van der Waals surface area contributed by atoms with Crippen LogP contribution in [0.25, 0.3) is 0 Å². The molecule has 1 aliphatic rings. The molecular formula is C12H19N. The van der Waals surface area contributed by atoms with E-state index in [4.69, 9.17) is 0 Å². The first-order chi connectivity index (χ1) is 6.36. The quantitative estimate of drug-likeness (QED) is 0.651. The van der Waals surface area contributed by atoms with E-state index in [1.807, 2.05) is 6.08 Å². The second-order valence-corrected chi connectivity index (χ2v) is 3.47. The molecule has 0 bridgehead atoms. The van der Waals surface area contributed by atoms with Crippen molar-refractivity contribution in [2.75, 3.05) is 6.54 Å². The molecule has 1 heterocycles. The molecule has 0 aliphatic carbocycles. The zero-order valence-electron chi connectivity index (χ0n) is 8.42. The molecule has 0 aromatic rings. The fourth-order valence-corrected chi connectivity index (χ4v) is 1.77. The molecule has 1 unspecified atom stereocenters. The number of hydrogen-bond donors (Lipinski definition) is 1. The number of hydrogen-bond acceptors (Lipinski definition) is 1. The molecule has 0 saturated carbocycles. The summed E-state index contributed by atoms with van der Waals surface area (Å²) in [6.07, 6.45) is 12.0. The van der Waals surface area contributed by atoms with Crippen LogP contribution in [0.2, 0.25) is 0 Å². The van der Waals surface area contributed by atoms with Crippen molar-refractivity contribution < 1.29 is 0 Å². The number of nitrogens with one attached hydrogen (secondary N) is 1. The molecule has 1 atom stereocenters. The first kappa shape index (κ1) is 10.3. The van der Waals surface area contributed by atoms with Crippen molar-refractivity contribution in [3.05, 3.63) is 36.5 Å². The van der Waals surface area contributed by atoms with E-state index < -0.39 is 0 Å². The smallest absolute Gasteiger partial charge is 0.0108 e. The SMILES string of the molecule is C=C/C=C(\C=C/C)CC1CCCN1. The van der Waals surface area contributed by atoms with Crippen molar-refractivity contribution in [1.29, 1.82) is 0 Å². The predicted molar refractivity (Wildman–Crippen MR) is 58.7 cm³/mol. The van der Waals surface area contributed by atoms with Crippen molar-refractivity contribution in [2.45, 2.75) is 32.2 Å². The van der Waals surface area contributed by atoms with Crippen molar-refractivity contribution >= 4 is 0 Å². The molecule has 0 amide bonds. The summed E-state index contributed by atoms with van der Waals surface area (Å²) < 4.78 is 0. The molecule has 1 rings (SSSR count).